The fourth-order valence-corrected chi connectivity index (χ4v) is 2.86. The summed E-state index contributed by atoms with van der Waals surface area (Å²) in [5, 5.41) is 17.3. The Morgan fingerprint density at radius 2 is 1.95 bits per heavy atom. The molecular formula is C16H13N3O3. The van der Waals surface area contributed by atoms with E-state index < -0.39 is 4.92 Å². The van der Waals surface area contributed by atoms with Gasteiger partial charge in [-0.1, -0.05) is 12.1 Å². The highest BCUT2D eigenvalue weighted by molar-refractivity contribution is 6.07. The minimum absolute atomic E-state index is 0.0849. The number of para-hydroxylation sites is 1. The van der Waals surface area contributed by atoms with Crippen LogP contribution in [0.3, 0.4) is 0 Å². The molecule has 2 aliphatic rings. The maximum absolute atomic E-state index is 10.7. The molecule has 2 aromatic carbocycles. The minimum atomic E-state index is -0.399. The van der Waals surface area contributed by atoms with E-state index in [1.807, 2.05) is 29.3 Å². The molecule has 0 saturated heterocycles. The molecule has 0 N–H and O–H groups in total. The van der Waals surface area contributed by atoms with Gasteiger partial charge in [-0.05, 0) is 24.3 Å². The van der Waals surface area contributed by atoms with Crippen LogP contribution in [-0.2, 0) is 0 Å². The average molecular weight is 295 g/mol. The highest BCUT2D eigenvalue weighted by atomic mass is 16.6. The average Bonchev–Trinajstić information content (AvgIpc) is 2.99. The molecule has 0 fully saturated rings. The van der Waals surface area contributed by atoms with Gasteiger partial charge in [-0.3, -0.25) is 15.1 Å². The smallest absolute Gasteiger partial charge is 0.269 e. The summed E-state index contributed by atoms with van der Waals surface area (Å²) in [6.07, 6.45) is 0. The van der Waals surface area contributed by atoms with E-state index in [9.17, 15) is 10.1 Å². The molecule has 6 nitrogen and oxygen atoms in total. The van der Waals surface area contributed by atoms with Crippen molar-refractivity contribution >= 4 is 17.1 Å². The van der Waals surface area contributed by atoms with E-state index in [1.54, 1.807) is 12.1 Å². The fraction of sp³-hybridized carbons (Fsp3) is 0.188. The first-order valence-corrected chi connectivity index (χ1v) is 7.05. The molecule has 4 rings (SSSR count). The second-order valence-electron chi connectivity index (χ2n) is 5.34. The summed E-state index contributed by atoms with van der Waals surface area (Å²) in [5.74, 6) is 1.09. The van der Waals surface area contributed by atoms with Crippen LogP contribution >= 0.6 is 0 Å². The normalized spacial score (nSPS) is 19.0. The molecule has 0 aliphatic carbocycles. The van der Waals surface area contributed by atoms with Gasteiger partial charge in [0, 0.05) is 17.7 Å². The maximum atomic E-state index is 10.7. The van der Waals surface area contributed by atoms with Crippen LogP contribution in [0.5, 0.6) is 5.75 Å². The standard InChI is InChI=1S/C16H13N3O3/c20-19(21)13-7-5-12(6-8-13)18-9-11-10-22-15-4-2-1-3-14(15)16(11)17-18/h1-8,11H,9-10H2. The first-order valence-electron chi connectivity index (χ1n) is 7.05. The van der Waals surface area contributed by atoms with Gasteiger partial charge in [0.05, 0.1) is 35.4 Å². The van der Waals surface area contributed by atoms with Gasteiger partial charge in [0.2, 0.25) is 0 Å². The Kier molecular flexibility index (Phi) is 2.82. The zero-order valence-electron chi connectivity index (χ0n) is 11.7. The van der Waals surface area contributed by atoms with Crippen molar-refractivity contribution in [3.8, 4) is 5.75 Å². The van der Waals surface area contributed by atoms with Gasteiger partial charge in [-0.2, -0.15) is 5.10 Å². The predicted octanol–water partition coefficient (Wildman–Crippen LogP) is 2.83. The van der Waals surface area contributed by atoms with Crippen LogP contribution < -0.4 is 9.75 Å². The van der Waals surface area contributed by atoms with E-state index in [1.165, 1.54) is 12.1 Å². The van der Waals surface area contributed by atoms with Gasteiger partial charge in [0.25, 0.3) is 5.69 Å². The molecule has 0 aromatic heterocycles. The lowest BCUT2D eigenvalue weighted by Gasteiger charge is -2.22. The highest BCUT2D eigenvalue weighted by Gasteiger charge is 2.34. The largest absolute Gasteiger partial charge is 0.492 e. The first-order chi connectivity index (χ1) is 10.7. The quantitative estimate of drug-likeness (QED) is 0.631. The van der Waals surface area contributed by atoms with Crippen LogP contribution in [-0.4, -0.2) is 23.8 Å². The summed E-state index contributed by atoms with van der Waals surface area (Å²) >= 11 is 0. The number of rotatable bonds is 2. The number of nitro benzene ring substituents is 1. The number of benzene rings is 2. The molecule has 2 heterocycles. The third-order valence-electron chi connectivity index (χ3n) is 3.97. The Balaban J connectivity index is 1.67. The van der Waals surface area contributed by atoms with Crippen molar-refractivity contribution < 1.29 is 9.66 Å². The number of anilines is 1. The molecule has 6 heteroatoms. The number of non-ortho nitro benzene ring substituents is 1. The van der Waals surface area contributed by atoms with Crippen molar-refractivity contribution in [2.45, 2.75) is 0 Å². The van der Waals surface area contributed by atoms with Crippen LogP contribution in [0.1, 0.15) is 5.56 Å². The van der Waals surface area contributed by atoms with E-state index in [0.29, 0.717) is 6.61 Å². The lowest BCUT2D eigenvalue weighted by molar-refractivity contribution is -0.384. The van der Waals surface area contributed by atoms with Crippen molar-refractivity contribution in [3.63, 3.8) is 0 Å². The summed E-state index contributed by atoms with van der Waals surface area (Å²) in [6.45, 7) is 1.33. The lowest BCUT2D eigenvalue weighted by Crippen LogP contribution is -2.29. The summed E-state index contributed by atoms with van der Waals surface area (Å²) < 4.78 is 5.78. The lowest BCUT2D eigenvalue weighted by atomic mass is 9.95. The summed E-state index contributed by atoms with van der Waals surface area (Å²) in [7, 11) is 0. The first kappa shape index (κ1) is 12.8. The van der Waals surface area contributed by atoms with E-state index in [-0.39, 0.29) is 11.6 Å². The Bertz CT molecular complexity index is 770. The minimum Gasteiger partial charge on any atom is -0.492 e. The van der Waals surface area contributed by atoms with Crippen LogP contribution in [0.4, 0.5) is 11.4 Å². The number of hydrazone groups is 1. The Morgan fingerprint density at radius 3 is 2.73 bits per heavy atom. The molecule has 0 bridgehead atoms. The van der Waals surface area contributed by atoms with Gasteiger partial charge >= 0.3 is 0 Å². The number of hydrogen-bond acceptors (Lipinski definition) is 5. The third kappa shape index (κ3) is 2.00. The summed E-state index contributed by atoms with van der Waals surface area (Å²) in [5.41, 5.74) is 3.00. The number of nitro groups is 1. The van der Waals surface area contributed by atoms with Crippen LogP contribution in [0, 0.1) is 16.0 Å². The molecule has 0 radical (unpaired) electrons. The monoisotopic (exact) mass is 295 g/mol. The predicted molar refractivity (Wildman–Crippen MR) is 82.4 cm³/mol. The highest BCUT2D eigenvalue weighted by Crippen LogP contribution is 2.33. The van der Waals surface area contributed by atoms with Crippen molar-refractivity contribution in [3.05, 3.63) is 64.2 Å². The Morgan fingerprint density at radius 1 is 1.18 bits per heavy atom. The van der Waals surface area contributed by atoms with Crippen LogP contribution in [0.2, 0.25) is 0 Å². The van der Waals surface area contributed by atoms with Gasteiger partial charge in [0.15, 0.2) is 0 Å². The number of ether oxygens (including phenoxy) is 1. The summed E-state index contributed by atoms with van der Waals surface area (Å²) in [6, 6.07) is 14.3. The molecule has 110 valence electrons. The molecule has 1 atom stereocenters. The van der Waals surface area contributed by atoms with E-state index in [2.05, 4.69) is 0 Å². The third-order valence-corrected chi connectivity index (χ3v) is 3.97. The molecule has 0 saturated carbocycles. The Labute approximate surface area is 126 Å². The zero-order chi connectivity index (χ0) is 15.1. The number of hydrogen-bond donors (Lipinski definition) is 0. The molecule has 22 heavy (non-hydrogen) atoms. The molecule has 2 aromatic rings. The van der Waals surface area contributed by atoms with E-state index in [0.717, 1.165) is 29.3 Å². The Hall–Kier alpha value is -2.89. The van der Waals surface area contributed by atoms with E-state index in [4.69, 9.17) is 9.84 Å². The van der Waals surface area contributed by atoms with Crippen LogP contribution in [0.15, 0.2) is 53.6 Å². The molecular weight excluding hydrogens is 282 g/mol. The van der Waals surface area contributed by atoms with Crippen LogP contribution in [0.25, 0.3) is 0 Å². The van der Waals surface area contributed by atoms with Gasteiger partial charge in [-0.15, -0.1) is 0 Å². The maximum Gasteiger partial charge on any atom is 0.269 e. The molecule has 1 unspecified atom stereocenters. The topological polar surface area (TPSA) is 68.0 Å². The summed E-state index contributed by atoms with van der Waals surface area (Å²) in [4.78, 5) is 10.3. The van der Waals surface area contributed by atoms with Crippen molar-refractivity contribution in [2.24, 2.45) is 11.0 Å². The zero-order valence-corrected chi connectivity index (χ0v) is 11.7. The van der Waals surface area contributed by atoms with Gasteiger partial charge < -0.3 is 4.74 Å². The van der Waals surface area contributed by atoms with E-state index >= 15 is 0 Å². The van der Waals surface area contributed by atoms with Gasteiger partial charge in [0.1, 0.15) is 5.75 Å². The molecule has 0 spiro atoms. The fourth-order valence-electron chi connectivity index (χ4n) is 2.86. The van der Waals surface area contributed by atoms with Crippen molar-refractivity contribution in [1.29, 1.82) is 0 Å². The molecule has 2 aliphatic heterocycles. The second-order valence-corrected chi connectivity index (χ2v) is 5.34. The second kappa shape index (κ2) is 4.84. The number of fused-ring (bicyclic) bond motifs is 3. The SMILES string of the molecule is O=[N+]([O-])c1ccc(N2CC3COc4ccccc4C3=N2)cc1. The molecule has 0 amide bonds. The van der Waals surface area contributed by atoms with Crippen molar-refractivity contribution in [1.82, 2.24) is 0 Å². The van der Waals surface area contributed by atoms with Gasteiger partial charge in [-0.25, -0.2) is 0 Å². The van der Waals surface area contributed by atoms with Crippen molar-refractivity contribution in [2.75, 3.05) is 18.2 Å². The number of nitrogens with zero attached hydrogens (tertiary/aromatic N) is 3.